The molecule has 1 saturated carbocycles. The Balaban J connectivity index is 1.45. The number of methoxy groups -OCH3 is 1. The second-order valence-electron chi connectivity index (χ2n) is 12.2. The fourth-order valence-electron chi connectivity index (χ4n) is 7.70. The minimum atomic E-state index is -2.76. The van der Waals surface area contributed by atoms with Crippen molar-refractivity contribution in [3.63, 3.8) is 0 Å². The maximum atomic E-state index is 15.2. The lowest BCUT2D eigenvalue weighted by Gasteiger charge is -2.50. The van der Waals surface area contributed by atoms with Gasteiger partial charge in [0.2, 0.25) is 17.6 Å². The van der Waals surface area contributed by atoms with Crippen LogP contribution in [0.15, 0.2) is 48.0 Å². The Hall–Kier alpha value is -3.47. The van der Waals surface area contributed by atoms with Gasteiger partial charge in [-0.05, 0) is 83.3 Å². The number of ether oxygens (including phenoxy) is 1. The number of aromatic hydroxyl groups is 1. The summed E-state index contributed by atoms with van der Waals surface area (Å²) in [5.41, 5.74) is -1.42. The molecular weight excluding hydrogens is 849 g/mol. The number of carbonyl (C=O) groups is 4. The lowest BCUT2D eigenvalue weighted by atomic mass is 9.56. The summed E-state index contributed by atoms with van der Waals surface area (Å²) in [6, 6.07) is 8.90. The van der Waals surface area contributed by atoms with E-state index in [1.165, 1.54) is 19.2 Å². The highest BCUT2D eigenvalue weighted by molar-refractivity contribution is 14.1. The van der Waals surface area contributed by atoms with Crippen LogP contribution in [0.4, 0.5) is 33.3 Å². The topological polar surface area (TPSA) is 104 Å². The van der Waals surface area contributed by atoms with Gasteiger partial charge in [-0.3, -0.25) is 24.1 Å². The molecule has 3 fully saturated rings. The number of rotatable bonds is 4. The molecule has 4 aliphatic rings. The van der Waals surface area contributed by atoms with Crippen LogP contribution in [0.5, 0.6) is 11.5 Å². The minimum absolute atomic E-state index is 0.0225. The van der Waals surface area contributed by atoms with Crippen LogP contribution >= 0.6 is 57.4 Å². The van der Waals surface area contributed by atoms with Gasteiger partial charge in [0.25, 0.3) is 11.8 Å². The Morgan fingerprint density at radius 1 is 0.860 bits per heavy atom. The molecule has 0 bridgehead atoms. The number of phenolic OH excluding ortho intramolecular Hbond substituents is 1. The van der Waals surface area contributed by atoms with Crippen LogP contribution < -0.4 is 14.5 Å². The van der Waals surface area contributed by atoms with E-state index < -0.39 is 104 Å². The molecule has 3 aromatic rings. The molecule has 4 amide bonds. The first kappa shape index (κ1) is 35.0. The lowest BCUT2D eigenvalue weighted by molar-refractivity contribution is -0.125. The number of phenols is 1. The molecule has 2 aliphatic heterocycles. The maximum Gasteiger partial charge on any atom is 0.258 e. The van der Waals surface area contributed by atoms with Gasteiger partial charge in [-0.25, -0.2) is 26.9 Å². The Morgan fingerprint density at radius 3 is 2.06 bits per heavy atom. The first-order valence-electron chi connectivity index (χ1n) is 14.7. The SMILES string of the molecule is COc1cc([C@H]2C3=CC[C@@H]4C(=O)N(c5ccc(I)cc5)C(=O)[C@@H]4[C@@H]3C[C@@]3(Cl)C(=O)N(c4c(F)c(F)c(F)c(F)c4F)C(=O)[C@@]23Cl)cc(Cl)c1O. The quantitative estimate of drug-likeness (QED) is 0.0570. The van der Waals surface area contributed by atoms with Gasteiger partial charge in [0, 0.05) is 9.49 Å². The van der Waals surface area contributed by atoms with E-state index >= 15 is 8.78 Å². The van der Waals surface area contributed by atoms with E-state index in [1.54, 1.807) is 30.3 Å². The van der Waals surface area contributed by atoms with Crippen molar-refractivity contribution in [2.24, 2.45) is 17.8 Å². The summed E-state index contributed by atoms with van der Waals surface area (Å²) >= 11 is 22.6. The fraction of sp³-hybridized carbons (Fsp3) is 0.273. The molecule has 2 aliphatic carbocycles. The molecule has 50 heavy (non-hydrogen) atoms. The zero-order chi connectivity index (χ0) is 36.4. The van der Waals surface area contributed by atoms with Gasteiger partial charge in [-0.2, -0.15) is 0 Å². The summed E-state index contributed by atoms with van der Waals surface area (Å²) in [7, 11) is 1.18. The molecule has 2 heterocycles. The van der Waals surface area contributed by atoms with Crippen molar-refractivity contribution in [2.45, 2.75) is 28.5 Å². The predicted octanol–water partition coefficient (Wildman–Crippen LogP) is 7.12. The number of halogens is 9. The molecule has 8 nitrogen and oxygen atoms in total. The summed E-state index contributed by atoms with van der Waals surface area (Å²) in [6.45, 7) is 0. The molecule has 0 radical (unpaired) electrons. The summed E-state index contributed by atoms with van der Waals surface area (Å²) in [4.78, 5) is 51.9. The van der Waals surface area contributed by atoms with Gasteiger partial charge in [0.15, 0.2) is 44.5 Å². The van der Waals surface area contributed by atoms with Crippen molar-refractivity contribution in [1.29, 1.82) is 0 Å². The number of hydrogen-bond acceptors (Lipinski definition) is 6. The van der Waals surface area contributed by atoms with Crippen LogP contribution in [0.25, 0.3) is 0 Å². The minimum Gasteiger partial charge on any atom is -0.503 e. The van der Waals surface area contributed by atoms with Crippen molar-refractivity contribution >= 4 is 92.4 Å². The van der Waals surface area contributed by atoms with Crippen LogP contribution in [0.1, 0.15) is 24.3 Å². The van der Waals surface area contributed by atoms with E-state index in [2.05, 4.69) is 22.6 Å². The van der Waals surface area contributed by atoms with Gasteiger partial charge in [0.1, 0.15) is 5.69 Å². The van der Waals surface area contributed by atoms with Gasteiger partial charge in [-0.1, -0.05) is 23.3 Å². The van der Waals surface area contributed by atoms with Crippen molar-refractivity contribution in [2.75, 3.05) is 16.9 Å². The van der Waals surface area contributed by atoms with E-state index in [-0.39, 0.29) is 38.9 Å². The Bertz CT molecular complexity index is 2090. The van der Waals surface area contributed by atoms with Crippen LogP contribution in [0.2, 0.25) is 5.02 Å². The third kappa shape index (κ3) is 4.46. The number of anilines is 2. The van der Waals surface area contributed by atoms with Crippen molar-refractivity contribution < 1.29 is 51.0 Å². The highest BCUT2D eigenvalue weighted by Crippen LogP contribution is 2.66. The largest absolute Gasteiger partial charge is 0.503 e. The molecule has 1 N–H and O–H groups in total. The highest BCUT2D eigenvalue weighted by atomic mass is 127. The number of hydrogen-bond donors (Lipinski definition) is 1. The summed E-state index contributed by atoms with van der Waals surface area (Å²) in [5.74, 6) is -22.5. The van der Waals surface area contributed by atoms with E-state index in [0.717, 1.165) is 8.47 Å². The number of carbonyl (C=O) groups excluding carboxylic acids is 4. The molecule has 0 unspecified atom stereocenters. The van der Waals surface area contributed by atoms with Crippen molar-refractivity contribution in [3.05, 3.63) is 91.3 Å². The predicted molar refractivity (Wildman–Crippen MR) is 178 cm³/mol. The Labute approximate surface area is 307 Å². The van der Waals surface area contributed by atoms with Crippen LogP contribution in [0, 0.1) is 50.4 Å². The van der Waals surface area contributed by atoms with Gasteiger partial charge in [-0.15, -0.1) is 23.2 Å². The summed E-state index contributed by atoms with van der Waals surface area (Å²) < 4.78 is 79.4. The molecule has 0 spiro atoms. The third-order valence-corrected chi connectivity index (χ3v) is 12.3. The monoisotopic (exact) mass is 866 g/mol. The number of imide groups is 2. The average Bonchev–Trinajstić information content (AvgIpc) is 3.42. The van der Waals surface area contributed by atoms with Crippen molar-refractivity contribution in [1.82, 2.24) is 0 Å². The Kier molecular flexibility index (Phi) is 8.24. The Morgan fingerprint density at radius 2 is 1.46 bits per heavy atom. The smallest absolute Gasteiger partial charge is 0.258 e. The number of amides is 4. The third-order valence-electron chi connectivity index (χ3n) is 9.91. The van der Waals surface area contributed by atoms with E-state index in [9.17, 15) is 37.5 Å². The summed E-state index contributed by atoms with van der Waals surface area (Å²) in [5, 5.41) is 10.2. The standard InChI is InChI=1S/C33H19Cl3F5IN2O6/c1-50-18-9-11(8-17(34)27(18)45)20-14-6-7-15-19(29(47)43(28(15)46)13-4-2-12(42)3-5-13)16(14)10-32(35)30(48)44(31(49)33(20,32)36)26-24(40)22(38)21(37)23(39)25(26)41/h2-6,8-9,15-16,19-20,45H,7,10H2,1H3/t15-,16+,19-,20-,32+,33-/m0/s1. The summed E-state index contributed by atoms with van der Waals surface area (Å²) in [6.07, 6.45) is 0.833. The molecule has 6 atom stereocenters. The number of nitrogens with zero attached hydrogens (tertiary/aromatic N) is 2. The van der Waals surface area contributed by atoms with Gasteiger partial charge in [0.05, 0.1) is 29.7 Å². The normalized spacial score (nSPS) is 28.9. The molecular formula is C33H19Cl3F5IN2O6. The highest BCUT2D eigenvalue weighted by Gasteiger charge is 2.77. The fourth-order valence-corrected chi connectivity index (χ4v) is 9.22. The van der Waals surface area contributed by atoms with E-state index in [1.807, 2.05) is 0 Å². The van der Waals surface area contributed by atoms with Crippen LogP contribution in [-0.2, 0) is 19.2 Å². The van der Waals surface area contributed by atoms with E-state index in [0.29, 0.717) is 0 Å². The number of fused-ring (bicyclic) bond motifs is 4. The molecule has 260 valence electrons. The van der Waals surface area contributed by atoms with Crippen LogP contribution in [0.3, 0.4) is 0 Å². The lowest BCUT2D eigenvalue weighted by Crippen LogP contribution is -2.60. The molecule has 0 aromatic heterocycles. The van der Waals surface area contributed by atoms with Gasteiger partial charge < -0.3 is 9.84 Å². The zero-order valence-corrected chi connectivity index (χ0v) is 29.5. The van der Waals surface area contributed by atoms with Gasteiger partial charge >= 0.3 is 0 Å². The molecule has 17 heteroatoms. The van der Waals surface area contributed by atoms with Crippen LogP contribution in [-0.4, -0.2) is 45.6 Å². The number of alkyl halides is 2. The first-order chi connectivity index (χ1) is 23.5. The molecule has 3 aromatic carbocycles. The first-order valence-corrected chi connectivity index (χ1v) is 16.9. The maximum absolute atomic E-state index is 15.2. The second kappa shape index (κ2) is 11.8. The molecule has 7 rings (SSSR count). The second-order valence-corrected chi connectivity index (χ2v) is 15.1. The number of benzene rings is 3. The van der Waals surface area contributed by atoms with Crippen molar-refractivity contribution in [3.8, 4) is 11.5 Å². The number of allylic oxidation sites excluding steroid dienone is 2. The average molecular weight is 868 g/mol. The zero-order valence-electron chi connectivity index (χ0n) is 25.0. The molecule has 2 saturated heterocycles. The van der Waals surface area contributed by atoms with E-state index in [4.69, 9.17) is 39.5 Å².